The molecule has 3 rings (SSSR count). The maximum atomic E-state index is 14.2. The van der Waals surface area contributed by atoms with Gasteiger partial charge in [0.15, 0.2) is 0 Å². The van der Waals surface area contributed by atoms with Crippen molar-refractivity contribution in [3.05, 3.63) is 84.0 Å². The van der Waals surface area contributed by atoms with Crippen molar-refractivity contribution in [1.82, 2.24) is 19.9 Å². The Balaban J connectivity index is 1.98. The lowest BCUT2D eigenvalue weighted by Gasteiger charge is -2.19. The van der Waals surface area contributed by atoms with Crippen molar-refractivity contribution in [2.45, 2.75) is 6.04 Å². The van der Waals surface area contributed by atoms with Crippen LogP contribution >= 0.6 is 0 Å². The standard InChI is InChI=1S/C17H15FN4O/c1-22-11-10-20-16(22)15(13-4-2-3-5-14(13)18)21-17(23)12-6-8-19-9-7-12/h2-11,15H,1H3,(H,21,23). The Bertz CT molecular complexity index is 816. The number of pyridine rings is 1. The summed E-state index contributed by atoms with van der Waals surface area (Å²) in [6.45, 7) is 0. The highest BCUT2D eigenvalue weighted by Crippen LogP contribution is 2.23. The molecule has 1 aromatic carbocycles. The highest BCUT2D eigenvalue weighted by atomic mass is 19.1. The summed E-state index contributed by atoms with van der Waals surface area (Å²) < 4.78 is 16.0. The van der Waals surface area contributed by atoms with Crippen molar-refractivity contribution < 1.29 is 9.18 Å². The van der Waals surface area contributed by atoms with Crippen LogP contribution in [0.15, 0.2) is 61.2 Å². The Morgan fingerprint density at radius 2 is 1.91 bits per heavy atom. The number of amides is 1. The normalized spacial score (nSPS) is 11.9. The molecule has 0 fully saturated rings. The van der Waals surface area contributed by atoms with Crippen LogP contribution in [0, 0.1) is 5.82 Å². The number of carbonyl (C=O) groups is 1. The molecule has 0 saturated carbocycles. The molecule has 0 spiro atoms. The van der Waals surface area contributed by atoms with Crippen LogP contribution in [0.25, 0.3) is 0 Å². The van der Waals surface area contributed by atoms with Gasteiger partial charge >= 0.3 is 0 Å². The lowest BCUT2D eigenvalue weighted by atomic mass is 10.0. The van der Waals surface area contributed by atoms with Gasteiger partial charge in [0.05, 0.1) is 0 Å². The van der Waals surface area contributed by atoms with Crippen molar-refractivity contribution in [1.29, 1.82) is 0 Å². The van der Waals surface area contributed by atoms with Crippen LogP contribution < -0.4 is 5.32 Å². The first-order valence-electron chi connectivity index (χ1n) is 7.09. The van der Waals surface area contributed by atoms with Crippen LogP contribution in [0.4, 0.5) is 4.39 Å². The summed E-state index contributed by atoms with van der Waals surface area (Å²) >= 11 is 0. The number of benzene rings is 1. The van der Waals surface area contributed by atoms with E-state index in [0.29, 0.717) is 17.0 Å². The number of hydrogen-bond acceptors (Lipinski definition) is 3. The van der Waals surface area contributed by atoms with Gasteiger partial charge in [0.25, 0.3) is 5.91 Å². The number of nitrogens with one attached hydrogen (secondary N) is 1. The lowest BCUT2D eigenvalue weighted by molar-refractivity contribution is 0.0940. The predicted molar refractivity (Wildman–Crippen MR) is 83.2 cm³/mol. The number of carbonyl (C=O) groups excluding carboxylic acids is 1. The van der Waals surface area contributed by atoms with Crippen molar-refractivity contribution in [3.8, 4) is 0 Å². The van der Waals surface area contributed by atoms with E-state index in [1.54, 1.807) is 54.3 Å². The van der Waals surface area contributed by atoms with Crippen LogP contribution in [-0.4, -0.2) is 20.4 Å². The summed E-state index contributed by atoms with van der Waals surface area (Å²) in [6.07, 6.45) is 6.44. The van der Waals surface area contributed by atoms with E-state index in [1.165, 1.54) is 18.5 Å². The van der Waals surface area contributed by atoms with Crippen molar-refractivity contribution in [2.24, 2.45) is 7.05 Å². The van der Waals surface area contributed by atoms with Crippen LogP contribution in [0.5, 0.6) is 0 Å². The minimum Gasteiger partial charge on any atom is -0.338 e. The molecule has 2 aromatic heterocycles. The summed E-state index contributed by atoms with van der Waals surface area (Å²) in [7, 11) is 1.80. The minimum atomic E-state index is -0.683. The van der Waals surface area contributed by atoms with Gasteiger partial charge in [-0.2, -0.15) is 0 Å². The Kier molecular flexibility index (Phi) is 4.14. The Labute approximate surface area is 132 Å². The molecule has 5 nitrogen and oxygen atoms in total. The van der Waals surface area contributed by atoms with E-state index in [1.807, 2.05) is 0 Å². The first kappa shape index (κ1) is 14.9. The van der Waals surface area contributed by atoms with Gasteiger partial charge < -0.3 is 9.88 Å². The first-order valence-corrected chi connectivity index (χ1v) is 7.09. The molecule has 23 heavy (non-hydrogen) atoms. The summed E-state index contributed by atoms with van der Waals surface area (Å²) in [5.41, 5.74) is 0.819. The number of aryl methyl sites for hydroxylation is 1. The number of imidazole rings is 1. The van der Waals surface area contributed by atoms with Gasteiger partial charge in [-0.05, 0) is 18.2 Å². The number of nitrogens with zero attached hydrogens (tertiary/aromatic N) is 3. The molecule has 0 radical (unpaired) electrons. The van der Waals surface area contributed by atoms with Gasteiger partial charge in [0, 0.05) is 43.0 Å². The maximum Gasteiger partial charge on any atom is 0.252 e. The van der Waals surface area contributed by atoms with Crippen LogP contribution in [0.2, 0.25) is 0 Å². The van der Waals surface area contributed by atoms with Crippen molar-refractivity contribution >= 4 is 5.91 Å². The maximum absolute atomic E-state index is 14.2. The largest absolute Gasteiger partial charge is 0.338 e. The molecule has 0 bridgehead atoms. The van der Waals surface area contributed by atoms with Gasteiger partial charge in [-0.15, -0.1) is 0 Å². The lowest BCUT2D eigenvalue weighted by Crippen LogP contribution is -2.31. The molecule has 0 saturated heterocycles. The third-order valence-electron chi connectivity index (χ3n) is 3.55. The van der Waals surface area contributed by atoms with Crippen LogP contribution in [0.1, 0.15) is 27.8 Å². The molecule has 1 N–H and O–H groups in total. The van der Waals surface area contributed by atoms with Gasteiger partial charge in [0.1, 0.15) is 17.7 Å². The summed E-state index contributed by atoms with van der Waals surface area (Å²) in [4.78, 5) is 20.6. The van der Waals surface area contributed by atoms with Gasteiger partial charge in [-0.25, -0.2) is 9.37 Å². The number of halogens is 1. The highest BCUT2D eigenvalue weighted by Gasteiger charge is 2.23. The van der Waals surface area contributed by atoms with E-state index in [9.17, 15) is 9.18 Å². The van der Waals surface area contributed by atoms with Crippen LogP contribution in [-0.2, 0) is 7.05 Å². The Morgan fingerprint density at radius 1 is 1.17 bits per heavy atom. The first-order chi connectivity index (χ1) is 11.2. The second-order valence-corrected chi connectivity index (χ2v) is 5.06. The zero-order chi connectivity index (χ0) is 16.2. The number of rotatable bonds is 4. The van der Waals surface area contributed by atoms with E-state index < -0.39 is 11.9 Å². The van der Waals surface area contributed by atoms with E-state index >= 15 is 0 Å². The number of aromatic nitrogens is 3. The Morgan fingerprint density at radius 3 is 2.57 bits per heavy atom. The topological polar surface area (TPSA) is 59.8 Å². The van der Waals surface area contributed by atoms with Gasteiger partial charge in [-0.3, -0.25) is 9.78 Å². The molecule has 1 amide bonds. The van der Waals surface area contributed by atoms with E-state index in [2.05, 4.69) is 15.3 Å². The Hall–Kier alpha value is -3.02. The fraction of sp³-hybridized carbons (Fsp3) is 0.118. The fourth-order valence-corrected chi connectivity index (χ4v) is 2.36. The molecule has 6 heteroatoms. The third kappa shape index (κ3) is 3.11. The van der Waals surface area contributed by atoms with E-state index in [-0.39, 0.29) is 5.91 Å². The number of hydrogen-bond donors (Lipinski definition) is 1. The zero-order valence-electron chi connectivity index (χ0n) is 12.5. The van der Waals surface area contributed by atoms with Gasteiger partial charge in [-0.1, -0.05) is 18.2 Å². The quantitative estimate of drug-likeness (QED) is 0.805. The second-order valence-electron chi connectivity index (χ2n) is 5.06. The predicted octanol–water partition coefficient (Wildman–Crippen LogP) is 2.47. The molecule has 0 aliphatic heterocycles. The minimum absolute atomic E-state index is 0.316. The summed E-state index contributed by atoms with van der Waals surface area (Å²) in [6, 6.07) is 8.87. The van der Waals surface area contributed by atoms with Crippen molar-refractivity contribution in [2.75, 3.05) is 0 Å². The molecule has 2 heterocycles. The average Bonchev–Trinajstić information content (AvgIpc) is 3.00. The average molecular weight is 310 g/mol. The molecular formula is C17H15FN4O. The molecule has 3 aromatic rings. The summed E-state index contributed by atoms with van der Waals surface area (Å²) in [5, 5.41) is 2.84. The third-order valence-corrected chi connectivity index (χ3v) is 3.55. The van der Waals surface area contributed by atoms with Gasteiger partial charge in [0.2, 0.25) is 0 Å². The molecule has 0 aliphatic rings. The highest BCUT2D eigenvalue weighted by molar-refractivity contribution is 5.94. The zero-order valence-corrected chi connectivity index (χ0v) is 12.5. The molecular weight excluding hydrogens is 295 g/mol. The molecule has 1 atom stereocenters. The van der Waals surface area contributed by atoms with Crippen LogP contribution in [0.3, 0.4) is 0 Å². The molecule has 116 valence electrons. The second kappa shape index (κ2) is 6.39. The summed E-state index contributed by atoms with van der Waals surface area (Å²) in [5.74, 6) is -0.156. The van der Waals surface area contributed by atoms with E-state index in [4.69, 9.17) is 0 Å². The van der Waals surface area contributed by atoms with E-state index in [0.717, 1.165) is 0 Å². The molecule has 1 unspecified atom stereocenters. The van der Waals surface area contributed by atoms with Crippen molar-refractivity contribution in [3.63, 3.8) is 0 Å². The fourth-order valence-electron chi connectivity index (χ4n) is 2.36. The smallest absolute Gasteiger partial charge is 0.252 e. The SMILES string of the molecule is Cn1ccnc1C(NC(=O)c1ccncc1)c1ccccc1F. The molecule has 0 aliphatic carbocycles. The monoisotopic (exact) mass is 310 g/mol.